The van der Waals surface area contributed by atoms with Crippen LogP contribution in [0.1, 0.15) is 36.6 Å². The molecule has 3 heterocycles. The number of aliphatic imine (C=N–C) groups is 1. The molecule has 3 aromatic rings. The first-order chi connectivity index (χ1) is 19.7. The van der Waals surface area contributed by atoms with E-state index in [-0.39, 0.29) is 18.0 Å². The second-order valence-corrected chi connectivity index (χ2v) is 10.5. The first-order valence-corrected chi connectivity index (χ1v) is 13.6. The number of hydrogen-bond acceptors (Lipinski definition) is 6. The minimum Gasteiger partial charge on any atom is -0.383 e. The zero-order valence-electron chi connectivity index (χ0n) is 23.6. The van der Waals surface area contributed by atoms with E-state index in [4.69, 9.17) is 9.84 Å². The van der Waals surface area contributed by atoms with E-state index in [9.17, 15) is 13.6 Å². The van der Waals surface area contributed by atoms with Crippen LogP contribution in [0.4, 0.5) is 19.4 Å². The van der Waals surface area contributed by atoms with Gasteiger partial charge in [-0.1, -0.05) is 18.2 Å². The topological polar surface area (TPSA) is 95.8 Å². The van der Waals surface area contributed by atoms with Gasteiger partial charge in [0.2, 0.25) is 0 Å². The van der Waals surface area contributed by atoms with Crippen molar-refractivity contribution in [2.45, 2.75) is 38.8 Å². The van der Waals surface area contributed by atoms with Gasteiger partial charge >= 0.3 is 6.03 Å². The van der Waals surface area contributed by atoms with E-state index in [0.29, 0.717) is 37.6 Å². The molecule has 0 spiro atoms. The lowest BCUT2D eigenvalue weighted by Crippen LogP contribution is -2.42. The fourth-order valence-electron chi connectivity index (χ4n) is 5.51. The van der Waals surface area contributed by atoms with Gasteiger partial charge in [-0.3, -0.25) is 15.2 Å². The third-order valence-electron chi connectivity index (χ3n) is 7.54. The predicted molar refractivity (Wildman–Crippen MR) is 155 cm³/mol. The second-order valence-electron chi connectivity index (χ2n) is 10.5. The van der Waals surface area contributed by atoms with E-state index >= 15 is 0 Å². The Hall–Kier alpha value is -4.09. The number of amides is 2. The molecule has 11 heteroatoms. The molecule has 41 heavy (non-hydrogen) atoms. The lowest BCUT2D eigenvalue weighted by atomic mass is 9.94. The zero-order chi connectivity index (χ0) is 29.1. The average molecular weight is 564 g/mol. The van der Waals surface area contributed by atoms with Crippen molar-refractivity contribution in [2.75, 3.05) is 38.7 Å². The summed E-state index contributed by atoms with van der Waals surface area (Å²) in [6, 6.07) is 12.1. The summed E-state index contributed by atoms with van der Waals surface area (Å²) in [5.74, 6) is -0.255. The first kappa shape index (κ1) is 28.4. The Morgan fingerprint density at radius 3 is 2.54 bits per heavy atom. The van der Waals surface area contributed by atoms with Gasteiger partial charge < -0.3 is 15.4 Å². The summed E-state index contributed by atoms with van der Waals surface area (Å²) in [6.45, 7) is 8.00. The predicted octanol–water partition coefficient (Wildman–Crippen LogP) is 4.45. The summed E-state index contributed by atoms with van der Waals surface area (Å²) in [5, 5.41) is 14.1. The molecule has 2 aliphatic rings. The van der Waals surface area contributed by atoms with Crippen LogP contribution < -0.4 is 16.0 Å². The van der Waals surface area contributed by atoms with E-state index in [1.807, 2.05) is 57.3 Å². The largest absolute Gasteiger partial charge is 0.383 e. The number of amidine groups is 1. The first-order valence-electron chi connectivity index (χ1n) is 13.6. The third kappa shape index (κ3) is 6.31. The van der Waals surface area contributed by atoms with Gasteiger partial charge in [-0.15, -0.1) is 0 Å². The molecule has 3 N–H and O–H groups in total. The highest BCUT2D eigenvalue weighted by molar-refractivity contribution is 5.92. The van der Waals surface area contributed by atoms with E-state index in [2.05, 4.69) is 25.8 Å². The summed E-state index contributed by atoms with van der Waals surface area (Å²) in [4.78, 5) is 20.3. The molecule has 9 nitrogen and oxygen atoms in total. The number of methoxy groups -OCH3 is 1. The number of ether oxygens (including phenoxy) is 1. The van der Waals surface area contributed by atoms with Crippen molar-refractivity contribution in [1.82, 2.24) is 25.3 Å². The number of hydrogen-bond donors (Lipinski definition) is 3. The molecule has 0 radical (unpaired) electrons. The minimum atomic E-state index is -0.645. The molecule has 5 rings (SSSR count). The van der Waals surface area contributed by atoms with Crippen LogP contribution in [0, 0.1) is 18.6 Å². The van der Waals surface area contributed by atoms with Crippen LogP contribution in [-0.4, -0.2) is 72.0 Å². The van der Waals surface area contributed by atoms with Gasteiger partial charge in [0.25, 0.3) is 0 Å². The monoisotopic (exact) mass is 563 g/mol. The van der Waals surface area contributed by atoms with Crippen LogP contribution in [0.2, 0.25) is 0 Å². The van der Waals surface area contributed by atoms with Gasteiger partial charge in [-0.05, 0) is 50.6 Å². The van der Waals surface area contributed by atoms with Crippen molar-refractivity contribution < 1.29 is 18.3 Å². The summed E-state index contributed by atoms with van der Waals surface area (Å²) in [7, 11) is 1.62. The lowest BCUT2D eigenvalue weighted by molar-refractivity contribution is 0.159. The Balaban J connectivity index is 1.43. The Morgan fingerprint density at radius 1 is 1.12 bits per heavy atom. The molecule has 0 saturated carbocycles. The van der Waals surface area contributed by atoms with E-state index in [1.165, 1.54) is 12.1 Å². The van der Waals surface area contributed by atoms with Crippen molar-refractivity contribution in [3.63, 3.8) is 0 Å². The Morgan fingerprint density at radius 2 is 1.85 bits per heavy atom. The van der Waals surface area contributed by atoms with Gasteiger partial charge in [-0.2, -0.15) is 5.10 Å². The quantitative estimate of drug-likeness (QED) is 0.377. The SMILES string of the molecule is COCCN1C[C@@H](NC(=O)Nc2c(C)c(C3=CNC(C)=NC3C)nn2-c2ccccc2)[C@H](c2cc(F)cc(F)c2)C1. The average Bonchev–Trinajstić information content (AvgIpc) is 3.48. The molecule has 2 aliphatic heterocycles. The normalized spacial score (nSPS) is 20.8. The number of aromatic nitrogens is 2. The highest BCUT2D eigenvalue weighted by Crippen LogP contribution is 2.32. The van der Waals surface area contributed by atoms with Crippen LogP contribution in [0.3, 0.4) is 0 Å². The number of para-hydroxylation sites is 1. The van der Waals surface area contributed by atoms with Crippen molar-refractivity contribution >= 4 is 23.3 Å². The Bertz CT molecular complexity index is 1450. The number of nitrogens with one attached hydrogen (secondary N) is 3. The van der Waals surface area contributed by atoms with Crippen LogP contribution in [0.5, 0.6) is 0 Å². The van der Waals surface area contributed by atoms with Gasteiger partial charge in [0.05, 0.1) is 35.9 Å². The van der Waals surface area contributed by atoms with Crippen LogP contribution in [0.15, 0.2) is 59.7 Å². The third-order valence-corrected chi connectivity index (χ3v) is 7.54. The number of urea groups is 1. The molecule has 1 unspecified atom stereocenters. The maximum absolute atomic E-state index is 14.1. The highest BCUT2D eigenvalue weighted by atomic mass is 19.1. The van der Waals surface area contributed by atoms with E-state index in [1.54, 1.807) is 11.8 Å². The molecular formula is C30H35F2N7O2. The summed E-state index contributed by atoms with van der Waals surface area (Å²) in [6.07, 6.45) is 1.90. The molecule has 3 atom stereocenters. The number of carbonyl (C=O) groups excluding carboxylic acids is 1. The highest BCUT2D eigenvalue weighted by Gasteiger charge is 2.35. The smallest absolute Gasteiger partial charge is 0.320 e. The summed E-state index contributed by atoms with van der Waals surface area (Å²) in [5.41, 5.74) is 3.70. The van der Waals surface area contributed by atoms with Crippen LogP contribution in [0.25, 0.3) is 11.3 Å². The fraction of sp³-hybridized carbons (Fsp3) is 0.367. The van der Waals surface area contributed by atoms with Crippen molar-refractivity contribution in [1.29, 1.82) is 0 Å². The molecule has 1 aromatic heterocycles. The number of likely N-dealkylation sites (tertiary alicyclic amines) is 1. The molecule has 0 bridgehead atoms. The summed E-state index contributed by atoms with van der Waals surface area (Å²) >= 11 is 0. The Kier molecular flexibility index (Phi) is 8.46. The zero-order valence-corrected chi connectivity index (χ0v) is 23.6. The number of rotatable bonds is 8. The molecule has 216 valence electrons. The van der Waals surface area contributed by atoms with Gasteiger partial charge in [0.15, 0.2) is 0 Å². The van der Waals surface area contributed by atoms with Crippen molar-refractivity contribution in [3.8, 4) is 5.69 Å². The number of nitrogens with zero attached hydrogens (tertiary/aromatic N) is 4. The number of halogens is 2. The van der Waals surface area contributed by atoms with E-state index in [0.717, 1.165) is 34.4 Å². The number of carbonyl (C=O) groups is 1. The maximum atomic E-state index is 14.1. The molecule has 0 aliphatic carbocycles. The van der Waals surface area contributed by atoms with Crippen molar-refractivity contribution in [2.24, 2.45) is 4.99 Å². The minimum absolute atomic E-state index is 0.111. The molecular weight excluding hydrogens is 528 g/mol. The van der Waals surface area contributed by atoms with Crippen molar-refractivity contribution in [3.05, 3.63) is 83.2 Å². The molecule has 2 aromatic carbocycles. The summed E-state index contributed by atoms with van der Waals surface area (Å²) < 4.78 is 35.2. The van der Waals surface area contributed by atoms with Gasteiger partial charge in [0.1, 0.15) is 17.5 Å². The van der Waals surface area contributed by atoms with Crippen LogP contribution >= 0.6 is 0 Å². The fourth-order valence-corrected chi connectivity index (χ4v) is 5.51. The Labute approximate surface area is 238 Å². The standard InChI is InChI=1S/C30H35F2N7O2/c1-18-28(25-15-33-20(3)34-19(25)2)37-39(24-8-6-5-7-9-24)29(18)36-30(40)35-27-17-38(10-11-41-4)16-26(27)21-12-22(31)14-23(32)13-21/h5-9,12-15,19,26-27H,10-11,16-17H2,1-4H3,(H,33,34)(H2,35,36,40)/t19?,26-,27+/m0/s1. The molecule has 2 amide bonds. The van der Waals surface area contributed by atoms with Crippen LogP contribution in [-0.2, 0) is 4.74 Å². The number of benzene rings is 2. The molecule has 1 saturated heterocycles. The van der Waals surface area contributed by atoms with Gasteiger partial charge in [0, 0.05) is 56.1 Å². The van der Waals surface area contributed by atoms with Gasteiger partial charge in [-0.25, -0.2) is 18.3 Å². The lowest BCUT2D eigenvalue weighted by Gasteiger charge is -2.21. The molecule has 1 fully saturated rings. The second kappa shape index (κ2) is 12.2. The number of anilines is 1. The van der Waals surface area contributed by atoms with E-state index < -0.39 is 17.7 Å². The maximum Gasteiger partial charge on any atom is 0.320 e.